The minimum Gasteiger partial charge on any atom is -0.373 e. The largest absolute Gasteiger partial charge is 0.373 e. The van der Waals surface area contributed by atoms with Gasteiger partial charge < -0.3 is 15.3 Å². The van der Waals surface area contributed by atoms with Crippen molar-refractivity contribution in [2.45, 2.75) is 6.23 Å². The number of likely N-dealkylation sites (N-methyl/N-ethyl adjacent to an activating group) is 1. The molecule has 7 nitrogen and oxygen atoms in total. The zero-order valence-electron chi connectivity index (χ0n) is 9.85. The fourth-order valence-corrected chi connectivity index (χ4v) is 2.11. The van der Waals surface area contributed by atoms with Crippen molar-refractivity contribution in [2.24, 2.45) is 5.92 Å². The maximum absolute atomic E-state index is 11.6. The lowest BCUT2D eigenvalue weighted by atomic mass is 10.0. The predicted molar refractivity (Wildman–Crippen MR) is 60.1 cm³/mol. The van der Waals surface area contributed by atoms with Crippen LogP contribution in [0.25, 0.3) is 0 Å². The number of aliphatic hydroxyl groups excluding tert-OH is 1. The Labute approximate surface area is 99.7 Å². The van der Waals surface area contributed by atoms with Crippen LogP contribution in [0.5, 0.6) is 0 Å². The molecule has 2 aliphatic rings. The summed E-state index contributed by atoms with van der Waals surface area (Å²) in [4.78, 5) is 26.9. The topological polar surface area (TPSA) is 84.9 Å². The minimum absolute atomic E-state index is 0.403. The summed E-state index contributed by atoms with van der Waals surface area (Å²) in [5, 5.41) is 14.1. The summed E-state index contributed by atoms with van der Waals surface area (Å²) < 4.78 is 0. The molecule has 17 heavy (non-hydrogen) atoms. The Hall–Kier alpha value is -1.18. The quantitative estimate of drug-likeness (QED) is 0.522. The Bertz CT molecular complexity index is 315. The molecule has 2 aliphatic heterocycles. The Morgan fingerprint density at radius 1 is 1.29 bits per heavy atom. The third-order valence-electron chi connectivity index (χ3n) is 3.28. The van der Waals surface area contributed by atoms with Crippen molar-refractivity contribution in [1.82, 2.24) is 20.4 Å². The number of imide groups is 1. The molecule has 3 amide bonds. The molecular formula is C10H18N4O3. The highest BCUT2D eigenvalue weighted by molar-refractivity contribution is 5.98. The number of nitrogens with zero attached hydrogens (tertiary/aromatic N) is 2. The standard InChI is InChI=1S/C10H18N4O3/c1-13-2-4-14(5-3-13)6-7-8(15)11-10(17)12-9(7)16/h7-8,15H,2-6H2,1H3,(H2,11,12,16,17). The van der Waals surface area contributed by atoms with Crippen molar-refractivity contribution in [3.63, 3.8) is 0 Å². The molecule has 2 atom stereocenters. The number of hydrogen-bond acceptors (Lipinski definition) is 5. The fraction of sp³-hybridized carbons (Fsp3) is 0.800. The molecule has 0 aromatic heterocycles. The summed E-state index contributed by atoms with van der Waals surface area (Å²) in [6, 6.07) is -0.628. The van der Waals surface area contributed by atoms with E-state index in [1.165, 1.54) is 0 Å². The highest BCUT2D eigenvalue weighted by Crippen LogP contribution is 2.10. The number of hydrogen-bond donors (Lipinski definition) is 3. The second kappa shape index (κ2) is 4.99. The van der Waals surface area contributed by atoms with E-state index in [9.17, 15) is 14.7 Å². The van der Waals surface area contributed by atoms with E-state index in [1.807, 2.05) is 0 Å². The molecule has 0 aromatic carbocycles. The number of carbonyl (C=O) groups is 2. The van der Waals surface area contributed by atoms with Crippen LogP contribution < -0.4 is 10.6 Å². The summed E-state index contributed by atoms with van der Waals surface area (Å²) in [6.45, 7) is 4.14. The second-order valence-corrected chi connectivity index (χ2v) is 4.62. The van der Waals surface area contributed by atoms with Gasteiger partial charge in [0.25, 0.3) is 0 Å². The fourth-order valence-electron chi connectivity index (χ4n) is 2.11. The molecule has 0 aromatic rings. The smallest absolute Gasteiger partial charge is 0.323 e. The van der Waals surface area contributed by atoms with Crippen molar-refractivity contribution >= 4 is 11.9 Å². The Morgan fingerprint density at radius 2 is 1.94 bits per heavy atom. The van der Waals surface area contributed by atoms with Gasteiger partial charge in [0.05, 0.1) is 5.92 Å². The van der Waals surface area contributed by atoms with Gasteiger partial charge >= 0.3 is 6.03 Å². The van der Waals surface area contributed by atoms with Crippen LogP contribution in [0.1, 0.15) is 0 Å². The molecule has 0 radical (unpaired) electrons. The number of nitrogens with one attached hydrogen (secondary N) is 2. The lowest BCUT2D eigenvalue weighted by Gasteiger charge is -2.36. The van der Waals surface area contributed by atoms with Gasteiger partial charge in [-0.15, -0.1) is 0 Å². The van der Waals surface area contributed by atoms with Crippen LogP contribution in [0.4, 0.5) is 4.79 Å². The summed E-state index contributed by atoms with van der Waals surface area (Å²) in [6.07, 6.45) is -1.09. The maximum Gasteiger partial charge on any atom is 0.323 e. The first-order chi connectivity index (χ1) is 8.06. The van der Waals surface area contributed by atoms with Crippen molar-refractivity contribution < 1.29 is 14.7 Å². The highest BCUT2D eigenvalue weighted by atomic mass is 16.3. The Morgan fingerprint density at radius 3 is 2.53 bits per heavy atom. The van der Waals surface area contributed by atoms with Gasteiger partial charge in [0.15, 0.2) is 0 Å². The van der Waals surface area contributed by atoms with Gasteiger partial charge in [-0.05, 0) is 7.05 Å². The summed E-state index contributed by atoms with van der Waals surface area (Å²) >= 11 is 0. The SMILES string of the molecule is CN1CCN(CC2C(=O)NC(=O)NC2O)CC1. The zero-order valence-corrected chi connectivity index (χ0v) is 9.85. The van der Waals surface area contributed by atoms with Gasteiger partial charge in [0.2, 0.25) is 5.91 Å². The van der Waals surface area contributed by atoms with Crippen LogP contribution in [0.3, 0.4) is 0 Å². The van der Waals surface area contributed by atoms with Crippen molar-refractivity contribution in [3.05, 3.63) is 0 Å². The second-order valence-electron chi connectivity index (χ2n) is 4.62. The third kappa shape index (κ3) is 2.93. The summed E-state index contributed by atoms with van der Waals surface area (Å²) in [5.41, 5.74) is 0. The number of carbonyl (C=O) groups excluding carboxylic acids is 2. The van der Waals surface area contributed by atoms with Crippen LogP contribution in [-0.4, -0.2) is 72.8 Å². The van der Waals surface area contributed by atoms with Crippen LogP contribution in [0.2, 0.25) is 0 Å². The molecular weight excluding hydrogens is 224 g/mol. The molecule has 2 heterocycles. The zero-order chi connectivity index (χ0) is 12.4. The molecule has 2 saturated heterocycles. The van der Waals surface area contributed by atoms with E-state index in [0.717, 1.165) is 26.2 Å². The third-order valence-corrected chi connectivity index (χ3v) is 3.28. The lowest BCUT2D eigenvalue weighted by Crippen LogP contribution is -2.61. The normalized spacial score (nSPS) is 32.1. The van der Waals surface area contributed by atoms with E-state index in [0.29, 0.717) is 6.54 Å². The number of aliphatic hydroxyl groups is 1. The summed E-state index contributed by atoms with van der Waals surface area (Å²) in [5.74, 6) is -0.990. The van der Waals surface area contributed by atoms with Crippen LogP contribution >= 0.6 is 0 Å². The summed E-state index contributed by atoms with van der Waals surface area (Å²) in [7, 11) is 2.06. The molecule has 0 spiro atoms. The van der Waals surface area contributed by atoms with Crippen molar-refractivity contribution in [2.75, 3.05) is 39.8 Å². The van der Waals surface area contributed by atoms with E-state index < -0.39 is 24.1 Å². The first kappa shape index (κ1) is 12.3. The van der Waals surface area contributed by atoms with Gasteiger partial charge in [-0.25, -0.2) is 4.79 Å². The lowest BCUT2D eigenvalue weighted by molar-refractivity contribution is -0.131. The van der Waals surface area contributed by atoms with Gasteiger partial charge in [-0.1, -0.05) is 0 Å². The van der Waals surface area contributed by atoms with Crippen LogP contribution in [0, 0.1) is 5.92 Å². The van der Waals surface area contributed by atoms with E-state index >= 15 is 0 Å². The van der Waals surface area contributed by atoms with E-state index in [-0.39, 0.29) is 0 Å². The number of amides is 3. The molecule has 0 saturated carbocycles. The molecule has 2 rings (SSSR count). The van der Waals surface area contributed by atoms with Crippen LogP contribution in [0.15, 0.2) is 0 Å². The average molecular weight is 242 g/mol. The molecule has 2 unspecified atom stereocenters. The molecule has 2 fully saturated rings. The van der Waals surface area contributed by atoms with Crippen LogP contribution in [-0.2, 0) is 4.79 Å². The van der Waals surface area contributed by atoms with E-state index in [4.69, 9.17) is 0 Å². The predicted octanol–water partition coefficient (Wildman–Crippen LogP) is -1.99. The van der Waals surface area contributed by atoms with Gasteiger partial charge in [-0.3, -0.25) is 15.0 Å². The number of rotatable bonds is 2. The molecule has 0 aliphatic carbocycles. The van der Waals surface area contributed by atoms with E-state index in [2.05, 4.69) is 27.5 Å². The van der Waals surface area contributed by atoms with Gasteiger partial charge in [-0.2, -0.15) is 0 Å². The first-order valence-corrected chi connectivity index (χ1v) is 5.76. The van der Waals surface area contributed by atoms with E-state index in [1.54, 1.807) is 0 Å². The first-order valence-electron chi connectivity index (χ1n) is 5.76. The van der Waals surface area contributed by atoms with Gasteiger partial charge in [0.1, 0.15) is 6.23 Å². The molecule has 7 heteroatoms. The monoisotopic (exact) mass is 242 g/mol. The maximum atomic E-state index is 11.6. The van der Waals surface area contributed by atoms with Gasteiger partial charge in [0, 0.05) is 32.7 Å². The molecule has 0 bridgehead atoms. The Kier molecular flexibility index (Phi) is 3.60. The highest BCUT2D eigenvalue weighted by Gasteiger charge is 2.35. The average Bonchev–Trinajstić information content (AvgIpc) is 2.26. The molecule has 96 valence electrons. The van der Waals surface area contributed by atoms with Crippen molar-refractivity contribution in [3.8, 4) is 0 Å². The minimum atomic E-state index is -1.09. The number of urea groups is 1. The molecule has 3 N–H and O–H groups in total. The number of piperazine rings is 1. The van der Waals surface area contributed by atoms with Crippen molar-refractivity contribution in [1.29, 1.82) is 0 Å². The Balaban J connectivity index is 1.89.